The van der Waals surface area contributed by atoms with Gasteiger partial charge in [0.15, 0.2) is 0 Å². The van der Waals surface area contributed by atoms with Crippen LogP contribution in [0, 0.1) is 5.82 Å². The van der Waals surface area contributed by atoms with Gasteiger partial charge in [-0.05, 0) is 51.1 Å². The first-order chi connectivity index (χ1) is 8.56. The van der Waals surface area contributed by atoms with Gasteiger partial charge in [-0.1, -0.05) is 0 Å². The van der Waals surface area contributed by atoms with Gasteiger partial charge in [0.2, 0.25) is 0 Å². The highest BCUT2D eigenvalue weighted by Crippen LogP contribution is 2.28. The molecular formula is C12H8BrFO2S2. The Morgan fingerprint density at radius 2 is 2.22 bits per heavy atom. The summed E-state index contributed by atoms with van der Waals surface area (Å²) in [5.74, 6) is -1.22. The van der Waals surface area contributed by atoms with Crippen LogP contribution in [-0.4, -0.2) is 11.1 Å². The second-order valence-corrected chi connectivity index (χ2v) is 6.83. The summed E-state index contributed by atoms with van der Waals surface area (Å²) >= 11 is 6.46. The molecule has 1 aromatic carbocycles. The lowest BCUT2D eigenvalue weighted by Crippen LogP contribution is -2.00. The van der Waals surface area contributed by atoms with Crippen LogP contribution in [0.5, 0.6) is 0 Å². The molecule has 18 heavy (non-hydrogen) atoms. The fraction of sp³-hybridized carbons (Fsp3) is 0.0833. The van der Waals surface area contributed by atoms with Gasteiger partial charge in [0.05, 0.1) is 9.35 Å². The summed E-state index contributed by atoms with van der Waals surface area (Å²) in [4.78, 5) is 11.5. The van der Waals surface area contributed by atoms with Crippen LogP contribution in [0.25, 0.3) is 0 Å². The third kappa shape index (κ3) is 3.34. The van der Waals surface area contributed by atoms with Crippen molar-refractivity contribution in [1.82, 2.24) is 0 Å². The maximum atomic E-state index is 13.2. The minimum absolute atomic E-state index is 0.286. The number of benzene rings is 1. The van der Waals surface area contributed by atoms with E-state index in [9.17, 15) is 9.18 Å². The zero-order chi connectivity index (χ0) is 13.1. The lowest BCUT2D eigenvalue weighted by atomic mass is 10.2. The lowest BCUT2D eigenvalue weighted by Gasteiger charge is -2.03. The molecule has 0 radical (unpaired) electrons. The molecule has 6 heteroatoms. The number of thioether (sulfide) groups is 1. The molecular weight excluding hydrogens is 339 g/mol. The number of rotatable bonds is 4. The second-order valence-electron chi connectivity index (χ2n) is 3.49. The topological polar surface area (TPSA) is 37.3 Å². The van der Waals surface area contributed by atoms with E-state index < -0.39 is 11.8 Å². The minimum Gasteiger partial charge on any atom is -0.478 e. The Labute approximate surface area is 120 Å². The van der Waals surface area contributed by atoms with E-state index >= 15 is 0 Å². The van der Waals surface area contributed by atoms with E-state index in [0.29, 0.717) is 0 Å². The van der Waals surface area contributed by atoms with Crippen LogP contribution < -0.4 is 0 Å². The number of thiophene rings is 1. The fourth-order valence-electron chi connectivity index (χ4n) is 1.35. The average molecular weight is 347 g/mol. The highest BCUT2D eigenvalue weighted by Gasteiger charge is 2.11. The molecule has 2 nitrogen and oxygen atoms in total. The molecule has 0 unspecified atom stereocenters. The zero-order valence-corrected chi connectivity index (χ0v) is 12.2. The van der Waals surface area contributed by atoms with Gasteiger partial charge in [0.25, 0.3) is 0 Å². The van der Waals surface area contributed by atoms with Crippen LogP contribution in [-0.2, 0) is 5.75 Å². The molecule has 0 aliphatic rings. The molecule has 0 saturated carbocycles. The van der Waals surface area contributed by atoms with Crippen molar-refractivity contribution >= 4 is 45.0 Å². The Bertz CT molecular complexity index is 583. The molecule has 1 N–H and O–H groups in total. The molecule has 0 aliphatic heterocycles. The van der Waals surface area contributed by atoms with E-state index in [1.54, 1.807) is 17.4 Å². The normalized spacial score (nSPS) is 10.6. The van der Waals surface area contributed by atoms with E-state index in [2.05, 4.69) is 15.9 Å². The van der Waals surface area contributed by atoms with Gasteiger partial charge in [0.1, 0.15) is 5.82 Å². The molecule has 0 atom stereocenters. The highest BCUT2D eigenvalue weighted by molar-refractivity contribution is 9.11. The summed E-state index contributed by atoms with van der Waals surface area (Å²) in [5, 5.41) is 10.9. The molecule has 2 rings (SSSR count). The Hall–Kier alpha value is -0.850. The van der Waals surface area contributed by atoms with Crippen molar-refractivity contribution in [2.75, 3.05) is 0 Å². The number of halogens is 2. The quantitative estimate of drug-likeness (QED) is 0.819. The van der Waals surface area contributed by atoms with Crippen molar-refractivity contribution in [3.8, 4) is 0 Å². The molecule has 0 bridgehead atoms. The van der Waals surface area contributed by atoms with E-state index in [4.69, 9.17) is 5.11 Å². The Balaban J connectivity index is 2.10. The summed E-state index contributed by atoms with van der Waals surface area (Å²) in [6, 6.07) is 6.16. The third-order valence-corrected chi connectivity index (χ3v) is 4.81. The number of carboxylic acids is 1. The Morgan fingerprint density at radius 1 is 1.44 bits per heavy atom. The van der Waals surface area contributed by atoms with Gasteiger partial charge in [-0.25, -0.2) is 9.18 Å². The number of aromatic carboxylic acids is 1. The first kappa shape index (κ1) is 13.6. The largest absolute Gasteiger partial charge is 0.478 e. The summed E-state index contributed by atoms with van der Waals surface area (Å²) in [6.45, 7) is 0. The van der Waals surface area contributed by atoms with Crippen molar-refractivity contribution in [3.05, 3.63) is 50.4 Å². The smallest absolute Gasteiger partial charge is 0.338 e. The van der Waals surface area contributed by atoms with Crippen molar-refractivity contribution in [3.63, 3.8) is 0 Å². The first-order valence-electron chi connectivity index (χ1n) is 4.95. The van der Waals surface area contributed by atoms with E-state index in [1.807, 2.05) is 11.4 Å². The van der Waals surface area contributed by atoms with Crippen LogP contribution in [0.3, 0.4) is 0 Å². The number of hydrogen-bond acceptors (Lipinski definition) is 3. The van der Waals surface area contributed by atoms with E-state index in [0.717, 1.165) is 20.0 Å². The molecule has 0 fully saturated rings. The van der Waals surface area contributed by atoms with Gasteiger partial charge >= 0.3 is 5.97 Å². The van der Waals surface area contributed by atoms with Gasteiger partial charge in [-0.2, -0.15) is 0 Å². The molecule has 94 valence electrons. The summed E-state index contributed by atoms with van der Waals surface area (Å²) < 4.78 is 14.3. The van der Waals surface area contributed by atoms with Crippen molar-refractivity contribution in [1.29, 1.82) is 0 Å². The molecule has 0 aliphatic carbocycles. The molecule has 1 heterocycles. The summed E-state index contributed by atoms with van der Waals surface area (Å²) in [5.41, 5.74) is 0.865. The molecule has 2 aromatic rings. The second kappa shape index (κ2) is 5.86. The van der Waals surface area contributed by atoms with Gasteiger partial charge in [0, 0.05) is 10.6 Å². The monoisotopic (exact) mass is 346 g/mol. The van der Waals surface area contributed by atoms with E-state index in [-0.39, 0.29) is 5.56 Å². The van der Waals surface area contributed by atoms with Gasteiger partial charge in [-0.3, -0.25) is 0 Å². The summed E-state index contributed by atoms with van der Waals surface area (Å²) in [6.07, 6.45) is 0. The van der Waals surface area contributed by atoms with Crippen LogP contribution in [0.1, 0.15) is 15.9 Å². The highest BCUT2D eigenvalue weighted by atomic mass is 79.9. The van der Waals surface area contributed by atoms with Gasteiger partial charge in [-0.15, -0.1) is 23.1 Å². The number of carboxylic acid groups (broad SMARTS) is 1. The van der Waals surface area contributed by atoms with Crippen LogP contribution in [0.4, 0.5) is 4.39 Å². The van der Waals surface area contributed by atoms with Gasteiger partial charge < -0.3 is 5.11 Å². The van der Waals surface area contributed by atoms with E-state index in [1.165, 1.54) is 23.9 Å². The zero-order valence-electron chi connectivity index (χ0n) is 9.02. The van der Waals surface area contributed by atoms with Crippen molar-refractivity contribution < 1.29 is 14.3 Å². The molecule has 0 spiro atoms. The SMILES string of the molecule is O=C(O)c1cc(SCc2csc(Br)c2)ccc1F. The first-order valence-corrected chi connectivity index (χ1v) is 7.60. The molecule has 0 amide bonds. The summed E-state index contributed by atoms with van der Waals surface area (Å²) in [7, 11) is 0. The predicted molar refractivity (Wildman–Crippen MR) is 74.9 cm³/mol. The van der Waals surface area contributed by atoms with Crippen LogP contribution in [0.2, 0.25) is 0 Å². The Morgan fingerprint density at radius 3 is 2.83 bits per heavy atom. The number of carbonyl (C=O) groups is 1. The fourth-order valence-corrected chi connectivity index (χ4v) is 3.53. The minimum atomic E-state index is -1.24. The average Bonchev–Trinajstić information content (AvgIpc) is 2.74. The van der Waals surface area contributed by atoms with Crippen molar-refractivity contribution in [2.24, 2.45) is 0 Å². The molecule has 0 saturated heterocycles. The third-order valence-electron chi connectivity index (χ3n) is 2.20. The predicted octanol–water partition coefficient (Wildman–Crippen LogP) is 4.64. The maximum absolute atomic E-state index is 13.2. The number of hydrogen-bond donors (Lipinski definition) is 1. The van der Waals surface area contributed by atoms with Crippen LogP contribution >= 0.6 is 39.0 Å². The Kier molecular flexibility index (Phi) is 4.42. The van der Waals surface area contributed by atoms with Crippen molar-refractivity contribution in [2.45, 2.75) is 10.6 Å². The maximum Gasteiger partial charge on any atom is 0.338 e. The standard InChI is InChI=1S/C12H8BrFO2S2/c13-11-3-7(6-18-11)5-17-8-1-2-10(14)9(4-8)12(15)16/h1-4,6H,5H2,(H,15,16). The molecule has 1 aromatic heterocycles. The van der Waals surface area contributed by atoms with Crippen LogP contribution in [0.15, 0.2) is 38.3 Å². The lowest BCUT2D eigenvalue weighted by molar-refractivity contribution is 0.0691.